The second-order valence-corrected chi connectivity index (χ2v) is 21.3. The molecule has 0 unspecified atom stereocenters. The van der Waals surface area contributed by atoms with Gasteiger partial charge in [-0.05, 0) is 112 Å². The number of fused-ring (bicyclic) bond motifs is 7. The number of benzene rings is 4. The number of carboxylic acid groups (broad SMARTS) is 1. The standard InChI is InChI=1S/C59H63ClN6O15/c1-32-11-9-13-48(77-6)59(75)30-47(79-57(74)62-59)33(2)54-58(3,81-54)49(29-50(69)65(4)43-24-34(23-32)25-46(76-5)53(43)60)80-51(70)14-8-7-12-36-31-66(64-63-36)22-10-21-61-55(71)35-15-18-39(56(72)73)42(26-35)52-40-19-16-37(67)27-44(40)78-45-28-38(68)17-20-41(45)52/h9,11,13,15-20,24-28,31,33,47-49,54,67,75H,7-8,10,12,14,21-23,29-30H2,1-6H3,(H,61,71)(H,62,74)(H,72,73)/b13-9+,32-11+/t33-,47+,48-,49+,54+,58+,59+/m1/s1. The van der Waals surface area contributed by atoms with Crippen LogP contribution >= 0.6 is 11.6 Å². The van der Waals surface area contributed by atoms with Gasteiger partial charge in [-0.25, -0.2) is 9.59 Å². The maximum atomic E-state index is 14.3. The maximum absolute atomic E-state index is 14.3. The average molecular weight is 1130 g/mol. The number of rotatable bonds is 15. The van der Waals surface area contributed by atoms with Gasteiger partial charge in [0.2, 0.25) is 5.91 Å². The van der Waals surface area contributed by atoms with Gasteiger partial charge >= 0.3 is 18.0 Å². The number of methoxy groups -OCH3 is 2. The molecule has 5 heterocycles. The van der Waals surface area contributed by atoms with Crippen LogP contribution in [0.4, 0.5) is 10.5 Å². The number of phenolic OH excluding ortho intramolecular Hbond substituents is 1. The molecule has 0 spiro atoms. The number of ether oxygens (including phenoxy) is 5. The second kappa shape index (κ2) is 23.9. The smallest absolute Gasteiger partial charge is 0.409 e. The molecular formula is C59H63ClN6O15. The zero-order valence-electron chi connectivity index (χ0n) is 45.5. The number of esters is 1. The summed E-state index contributed by atoms with van der Waals surface area (Å²) in [5.41, 5.74) is 0.818. The molecule has 2 saturated heterocycles. The molecule has 3 aromatic carbocycles. The Hall–Kier alpha value is -8.11. The summed E-state index contributed by atoms with van der Waals surface area (Å²) in [7, 11) is 4.50. The topological polar surface area (TPSA) is 284 Å². The number of aromatic hydroxyl groups is 1. The first-order valence-corrected chi connectivity index (χ1v) is 26.9. The molecule has 4 aromatic rings. The molecule has 1 aliphatic carbocycles. The number of hydrogen-bond acceptors (Lipinski definition) is 16. The van der Waals surface area contributed by atoms with Gasteiger partial charge in [-0.15, -0.1) is 5.10 Å². The number of carboxylic acids is 1. The molecule has 5 aliphatic rings. The Morgan fingerprint density at radius 1 is 1.00 bits per heavy atom. The predicted molar refractivity (Wildman–Crippen MR) is 296 cm³/mol. The molecule has 3 amide bonds. The van der Waals surface area contributed by atoms with Crippen LogP contribution in [0.2, 0.25) is 5.02 Å². The summed E-state index contributed by atoms with van der Waals surface area (Å²) in [5.74, 6) is -2.74. The normalized spacial score (nSPS) is 24.1. The number of aromatic carboxylic acids is 1. The van der Waals surface area contributed by atoms with Crippen molar-refractivity contribution in [1.82, 2.24) is 25.6 Å². The number of carbonyl (C=O) groups is 5. The largest absolute Gasteiger partial charge is 0.508 e. The monoisotopic (exact) mass is 1130 g/mol. The third-order valence-corrected chi connectivity index (χ3v) is 15.6. The van der Waals surface area contributed by atoms with Gasteiger partial charge in [-0.3, -0.25) is 29.2 Å². The summed E-state index contributed by atoms with van der Waals surface area (Å²) >= 11 is 6.83. The van der Waals surface area contributed by atoms with Gasteiger partial charge < -0.3 is 53.6 Å². The van der Waals surface area contributed by atoms with Crippen LogP contribution in [0.5, 0.6) is 11.5 Å². The van der Waals surface area contributed by atoms with Gasteiger partial charge in [0.15, 0.2) is 11.2 Å². The van der Waals surface area contributed by atoms with Crippen molar-refractivity contribution in [2.24, 2.45) is 5.92 Å². The van der Waals surface area contributed by atoms with E-state index in [0.29, 0.717) is 72.3 Å². The van der Waals surface area contributed by atoms with Crippen molar-refractivity contribution in [2.75, 3.05) is 32.7 Å². The lowest BCUT2D eigenvalue weighted by molar-refractivity contribution is -0.154. The lowest BCUT2D eigenvalue weighted by Crippen LogP contribution is -2.63. The van der Waals surface area contributed by atoms with Crippen molar-refractivity contribution < 1.29 is 67.4 Å². The number of anilines is 1. The molecule has 4 aliphatic heterocycles. The van der Waals surface area contributed by atoms with Crippen LogP contribution in [0.15, 0.2) is 106 Å². The van der Waals surface area contributed by atoms with E-state index in [1.54, 1.807) is 55.2 Å². The number of unbranched alkanes of at least 4 members (excludes halogenated alkanes) is 1. The van der Waals surface area contributed by atoms with E-state index >= 15 is 0 Å². The molecule has 5 N–H and O–H groups in total. The van der Waals surface area contributed by atoms with Crippen molar-refractivity contribution in [3.8, 4) is 33.9 Å². The van der Waals surface area contributed by atoms with Gasteiger partial charge in [0.05, 0.1) is 36.6 Å². The van der Waals surface area contributed by atoms with E-state index in [2.05, 4.69) is 20.9 Å². The summed E-state index contributed by atoms with van der Waals surface area (Å²) in [4.78, 5) is 80.8. The van der Waals surface area contributed by atoms with Crippen molar-refractivity contribution >= 4 is 58.1 Å². The second-order valence-electron chi connectivity index (χ2n) is 20.9. The number of epoxide rings is 1. The van der Waals surface area contributed by atoms with E-state index in [1.807, 2.05) is 19.9 Å². The molecule has 426 valence electrons. The molecule has 22 heteroatoms. The number of aliphatic hydroxyl groups is 1. The highest BCUT2D eigenvalue weighted by molar-refractivity contribution is 6.35. The van der Waals surface area contributed by atoms with Crippen molar-refractivity contribution in [3.05, 3.63) is 134 Å². The maximum Gasteiger partial charge on any atom is 0.409 e. The summed E-state index contributed by atoms with van der Waals surface area (Å²) in [6, 6.07) is 16.4. The fourth-order valence-electron chi connectivity index (χ4n) is 10.7. The van der Waals surface area contributed by atoms with E-state index in [1.165, 1.54) is 67.7 Å². The Labute approximate surface area is 470 Å². The predicted octanol–water partition coefficient (Wildman–Crippen LogP) is 7.77. The number of aromatic nitrogens is 3. The highest BCUT2D eigenvalue weighted by atomic mass is 35.5. The Morgan fingerprint density at radius 2 is 1.80 bits per heavy atom. The first-order chi connectivity index (χ1) is 38.7. The highest BCUT2D eigenvalue weighted by Gasteiger charge is 2.64. The number of allylic oxidation sites excluding steroid dienone is 3. The minimum Gasteiger partial charge on any atom is -0.508 e. The molecule has 2 fully saturated rings. The molecule has 21 nitrogen and oxygen atoms in total. The Bertz CT molecular complexity index is 3500. The Balaban J connectivity index is 0.820. The number of nitrogens with one attached hydrogen (secondary N) is 2. The fraction of sp³-hybridized carbons (Fsp3) is 0.390. The van der Waals surface area contributed by atoms with Gasteiger partial charge in [-0.1, -0.05) is 47.5 Å². The third-order valence-electron chi connectivity index (χ3n) is 15.2. The van der Waals surface area contributed by atoms with E-state index in [-0.39, 0.29) is 70.0 Å². The number of nitrogens with zero attached hydrogens (tertiary/aromatic N) is 4. The number of halogens is 1. The van der Waals surface area contributed by atoms with Crippen LogP contribution in [0.3, 0.4) is 0 Å². The van der Waals surface area contributed by atoms with Crippen LogP contribution in [0, 0.1) is 5.92 Å². The first kappa shape index (κ1) is 57.6. The number of aryl methyl sites for hydroxylation is 2. The molecule has 4 bridgehead atoms. The third kappa shape index (κ3) is 12.6. The lowest BCUT2D eigenvalue weighted by atomic mass is 9.83. The zero-order valence-corrected chi connectivity index (χ0v) is 46.3. The zero-order chi connectivity index (χ0) is 57.9. The van der Waals surface area contributed by atoms with Crippen molar-refractivity contribution in [3.63, 3.8) is 0 Å². The van der Waals surface area contributed by atoms with Crippen LogP contribution in [0.25, 0.3) is 33.4 Å². The van der Waals surface area contributed by atoms with E-state index in [4.69, 9.17) is 39.7 Å². The molecular weight excluding hydrogens is 1070 g/mol. The molecule has 0 radical (unpaired) electrons. The fourth-order valence-corrected chi connectivity index (χ4v) is 11.0. The number of hydrogen-bond donors (Lipinski definition) is 5. The minimum atomic E-state index is -1.85. The summed E-state index contributed by atoms with van der Waals surface area (Å²) in [6.45, 7) is 6.12. The van der Waals surface area contributed by atoms with E-state index in [0.717, 1.165) is 11.1 Å². The van der Waals surface area contributed by atoms with Crippen LogP contribution in [0.1, 0.15) is 91.3 Å². The number of phenols is 1. The molecule has 0 saturated carbocycles. The quantitative estimate of drug-likeness (QED) is 0.0284. The molecule has 1 aromatic heterocycles. The molecule has 9 rings (SSSR count). The molecule has 81 heavy (non-hydrogen) atoms. The number of amides is 3. The van der Waals surface area contributed by atoms with Crippen LogP contribution in [-0.4, -0.2) is 124 Å². The van der Waals surface area contributed by atoms with E-state index < -0.39 is 71.5 Å². The van der Waals surface area contributed by atoms with Crippen molar-refractivity contribution in [2.45, 2.75) is 114 Å². The average Bonchev–Trinajstić information content (AvgIpc) is 3.14. The van der Waals surface area contributed by atoms with Crippen LogP contribution in [-0.2, 0) is 47.9 Å². The number of carbonyl (C=O) groups excluding carboxylic acids is 4. The molecule has 7 atom stereocenters. The summed E-state index contributed by atoms with van der Waals surface area (Å²) < 4.78 is 37.1. The Morgan fingerprint density at radius 3 is 2.57 bits per heavy atom. The SMILES string of the molecule is COc1cc2cc(c1Cl)N(C)C(=O)C[C@H](OC(=O)CCCCc1cn(CCCNC(=O)c3ccc(C(=O)O)c(-c4c5ccc(=O)cc-5oc5cc(O)ccc45)c3)nn1)[C@]1(C)O[C@H]1[C@H](C)[C@@H]1C[C@@](O)(NC(=O)O1)[C@H](OC)/C=C/C=C(\C)C2. The Kier molecular flexibility index (Phi) is 17.0. The van der Waals surface area contributed by atoms with Gasteiger partial charge in [-0.2, -0.15) is 0 Å². The van der Waals surface area contributed by atoms with Gasteiger partial charge in [0.1, 0.15) is 51.8 Å². The lowest BCUT2D eigenvalue weighted by Gasteiger charge is -2.42. The van der Waals surface area contributed by atoms with E-state index in [9.17, 15) is 44.1 Å². The van der Waals surface area contributed by atoms with Gasteiger partial charge in [0, 0.05) is 86.4 Å². The van der Waals surface area contributed by atoms with Crippen molar-refractivity contribution in [1.29, 1.82) is 0 Å². The number of alkyl carbamates (subject to hydrolysis) is 1. The summed E-state index contributed by atoms with van der Waals surface area (Å²) in [5, 5.41) is 46.9. The first-order valence-electron chi connectivity index (χ1n) is 26.5. The summed E-state index contributed by atoms with van der Waals surface area (Å²) in [6.07, 6.45) is 4.64. The van der Waals surface area contributed by atoms with Crippen LogP contribution < -0.4 is 25.7 Å². The van der Waals surface area contributed by atoms with Gasteiger partial charge in [0.25, 0.3) is 5.91 Å². The highest BCUT2D eigenvalue weighted by Crippen LogP contribution is 2.49. The minimum absolute atomic E-state index is 0.00909.